The second kappa shape index (κ2) is 10.5. The molecule has 0 atom stereocenters. The van der Waals surface area contributed by atoms with E-state index in [0.717, 1.165) is 11.8 Å². The fourth-order valence-corrected chi connectivity index (χ4v) is 1.48. The molecule has 0 aliphatic heterocycles. The molecule has 0 amide bonds. The summed E-state index contributed by atoms with van der Waals surface area (Å²) in [7, 11) is 0. The van der Waals surface area contributed by atoms with Crippen molar-refractivity contribution in [2.75, 3.05) is 5.33 Å². The highest BCUT2D eigenvalue weighted by atomic mass is 79.9. The van der Waals surface area contributed by atoms with Gasteiger partial charge in [0.25, 0.3) is 0 Å². The van der Waals surface area contributed by atoms with Gasteiger partial charge in [-0.15, -0.1) is 0 Å². The van der Waals surface area contributed by atoms with Gasteiger partial charge < -0.3 is 0 Å². The minimum absolute atomic E-state index is 1.04. The molecule has 0 spiro atoms. The molecule has 0 aromatic heterocycles. The van der Waals surface area contributed by atoms with E-state index in [1.807, 2.05) is 0 Å². The van der Waals surface area contributed by atoms with Crippen LogP contribution in [-0.4, -0.2) is 5.33 Å². The maximum Gasteiger partial charge on any atom is 0.0106 e. The first kappa shape index (κ1) is 11.5. The Hall–Kier alpha value is 0.520. The average Bonchev–Trinajstić information content (AvgIpc) is 2.03. The van der Waals surface area contributed by atoms with Crippen molar-refractivity contribution in [2.45, 2.75) is 38.5 Å². The average molecular weight is 282 g/mol. The van der Waals surface area contributed by atoms with Crippen LogP contribution in [0.15, 0.2) is 0 Å². The molecule has 0 bridgehead atoms. The topological polar surface area (TPSA) is 0 Å². The maximum atomic E-state index is 3.41. The molecule has 0 unspecified atom stereocenters. The summed E-state index contributed by atoms with van der Waals surface area (Å²) in [4.78, 5) is 2.72. The Balaban J connectivity index is 2.83. The molecule has 0 rings (SSSR count). The number of hydrogen-bond donors (Lipinski definition) is 0. The molecular weight excluding hydrogens is 268 g/mol. The van der Waals surface area contributed by atoms with Crippen molar-refractivity contribution in [1.29, 1.82) is 0 Å². The molecule has 0 aromatic rings. The van der Waals surface area contributed by atoms with Crippen LogP contribution in [-0.2, 0) is 0 Å². The van der Waals surface area contributed by atoms with Gasteiger partial charge >= 0.3 is 0 Å². The second-order valence-electron chi connectivity index (χ2n) is 2.48. The summed E-state index contributed by atoms with van der Waals surface area (Å²) in [5, 5.41) is 1.15. The summed E-state index contributed by atoms with van der Waals surface area (Å²) >= 11 is 6.49. The smallest absolute Gasteiger partial charge is 0.0106 e. The Kier molecular flexibility index (Phi) is 11.0. The molecule has 64 valence electrons. The standard InChI is InChI=1S/C9H14Br2/c10-8-6-4-2-1-3-5-7-9-11/h1-6,8H2. The summed E-state index contributed by atoms with van der Waals surface area (Å²) in [5.74, 6) is 3.00. The summed E-state index contributed by atoms with van der Waals surface area (Å²) in [6, 6.07) is 0. The molecular formula is C9H14Br2. The van der Waals surface area contributed by atoms with E-state index in [2.05, 4.69) is 42.6 Å². The van der Waals surface area contributed by atoms with Crippen LogP contribution in [0.3, 0.4) is 0 Å². The highest BCUT2D eigenvalue weighted by Crippen LogP contribution is 2.05. The van der Waals surface area contributed by atoms with E-state index in [0.29, 0.717) is 0 Å². The number of unbranched alkanes of at least 4 members (excludes halogenated alkanes) is 5. The Labute approximate surface area is 86.4 Å². The normalized spacial score (nSPS) is 8.91. The van der Waals surface area contributed by atoms with E-state index >= 15 is 0 Å². The molecule has 0 aliphatic rings. The van der Waals surface area contributed by atoms with Gasteiger partial charge in [0.15, 0.2) is 0 Å². The third-order valence-corrected chi connectivity index (χ3v) is 2.34. The summed E-state index contributed by atoms with van der Waals surface area (Å²) in [6.07, 6.45) is 7.64. The molecule has 0 saturated carbocycles. The lowest BCUT2D eigenvalue weighted by molar-refractivity contribution is 0.645. The number of halogens is 2. The van der Waals surface area contributed by atoms with Gasteiger partial charge in [0, 0.05) is 27.7 Å². The van der Waals surface area contributed by atoms with Crippen molar-refractivity contribution in [3.05, 3.63) is 0 Å². The van der Waals surface area contributed by atoms with Crippen LogP contribution in [0.1, 0.15) is 38.5 Å². The zero-order chi connectivity index (χ0) is 8.36. The highest BCUT2D eigenvalue weighted by Gasteiger charge is 1.87. The Bertz CT molecular complexity index is 121. The fourth-order valence-electron chi connectivity index (χ4n) is 0.885. The van der Waals surface area contributed by atoms with Gasteiger partial charge in [0.05, 0.1) is 0 Å². The molecule has 0 aromatic carbocycles. The van der Waals surface area contributed by atoms with Crippen molar-refractivity contribution in [1.82, 2.24) is 0 Å². The molecule has 11 heavy (non-hydrogen) atoms. The van der Waals surface area contributed by atoms with Crippen LogP contribution in [0.25, 0.3) is 0 Å². The van der Waals surface area contributed by atoms with Crippen LogP contribution < -0.4 is 0 Å². The highest BCUT2D eigenvalue weighted by molar-refractivity contribution is 9.12. The van der Waals surface area contributed by atoms with Gasteiger partial charge in [-0.3, -0.25) is 0 Å². The third kappa shape index (κ3) is 10.5. The van der Waals surface area contributed by atoms with Crippen molar-refractivity contribution in [3.8, 4) is 10.8 Å². The van der Waals surface area contributed by atoms with Crippen LogP contribution >= 0.6 is 31.9 Å². The summed E-state index contributed by atoms with van der Waals surface area (Å²) in [5.41, 5.74) is 0. The van der Waals surface area contributed by atoms with Gasteiger partial charge in [-0.25, -0.2) is 0 Å². The van der Waals surface area contributed by atoms with Crippen LogP contribution in [0.5, 0.6) is 0 Å². The molecule has 0 N–H and O–H groups in total. The van der Waals surface area contributed by atoms with Crippen molar-refractivity contribution in [3.63, 3.8) is 0 Å². The van der Waals surface area contributed by atoms with E-state index in [1.165, 1.54) is 32.1 Å². The molecule has 2 heteroatoms. The monoisotopic (exact) mass is 280 g/mol. The minimum Gasteiger partial charge on any atom is -0.0928 e. The van der Waals surface area contributed by atoms with Crippen molar-refractivity contribution < 1.29 is 0 Å². The minimum atomic E-state index is 1.04. The Morgan fingerprint density at radius 2 is 1.55 bits per heavy atom. The van der Waals surface area contributed by atoms with E-state index < -0.39 is 0 Å². The van der Waals surface area contributed by atoms with Gasteiger partial charge in [-0.05, 0) is 17.7 Å². The quantitative estimate of drug-likeness (QED) is 0.391. The van der Waals surface area contributed by atoms with Crippen molar-refractivity contribution in [2.24, 2.45) is 0 Å². The molecule has 0 saturated heterocycles. The lowest BCUT2D eigenvalue weighted by Crippen LogP contribution is -1.78. The van der Waals surface area contributed by atoms with E-state index in [1.54, 1.807) is 0 Å². The van der Waals surface area contributed by atoms with Crippen LogP contribution in [0.2, 0.25) is 0 Å². The Morgan fingerprint density at radius 1 is 0.909 bits per heavy atom. The van der Waals surface area contributed by atoms with Gasteiger partial charge in [0.1, 0.15) is 0 Å². The zero-order valence-electron chi connectivity index (χ0n) is 6.71. The second-order valence-corrected chi connectivity index (χ2v) is 3.67. The van der Waals surface area contributed by atoms with Crippen molar-refractivity contribution >= 4 is 31.9 Å². The van der Waals surface area contributed by atoms with Gasteiger partial charge in [-0.1, -0.05) is 41.1 Å². The van der Waals surface area contributed by atoms with Crippen LogP contribution in [0.4, 0.5) is 0 Å². The first-order chi connectivity index (χ1) is 5.41. The molecule has 0 aliphatic carbocycles. The predicted octanol–water partition coefficient (Wildman–Crippen LogP) is 4.08. The molecule has 0 fully saturated rings. The maximum absolute atomic E-state index is 3.41. The lowest BCUT2D eigenvalue weighted by Gasteiger charge is -1.95. The zero-order valence-corrected chi connectivity index (χ0v) is 9.88. The van der Waals surface area contributed by atoms with Gasteiger partial charge in [0.2, 0.25) is 0 Å². The first-order valence-electron chi connectivity index (χ1n) is 4.06. The predicted molar refractivity (Wildman–Crippen MR) is 58.2 cm³/mol. The molecule has 0 heterocycles. The number of alkyl halides is 1. The summed E-state index contributed by atoms with van der Waals surface area (Å²) in [6.45, 7) is 0. The van der Waals surface area contributed by atoms with E-state index in [4.69, 9.17) is 0 Å². The molecule has 0 nitrogen and oxygen atoms in total. The largest absolute Gasteiger partial charge is 0.0928 e. The SMILES string of the molecule is BrC#CCCCCCCCBr. The fraction of sp³-hybridized carbons (Fsp3) is 0.778. The molecule has 0 radical (unpaired) electrons. The van der Waals surface area contributed by atoms with E-state index in [-0.39, 0.29) is 0 Å². The van der Waals surface area contributed by atoms with Crippen LogP contribution in [0, 0.1) is 10.8 Å². The number of rotatable bonds is 6. The third-order valence-electron chi connectivity index (χ3n) is 1.50. The summed E-state index contributed by atoms with van der Waals surface area (Å²) < 4.78 is 0. The van der Waals surface area contributed by atoms with Gasteiger partial charge in [-0.2, -0.15) is 0 Å². The lowest BCUT2D eigenvalue weighted by atomic mass is 10.1. The first-order valence-corrected chi connectivity index (χ1v) is 5.97. The van der Waals surface area contributed by atoms with E-state index in [9.17, 15) is 0 Å². The number of hydrogen-bond acceptors (Lipinski definition) is 0. The Morgan fingerprint density at radius 3 is 2.18 bits per heavy atom.